The second-order valence-electron chi connectivity index (χ2n) is 7.55. The highest BCUT2D eigenvalue weighted by Crippen LogP contribution is 2.32. The third kappa shape index (κ3) is 4.54. The summed E-state index contributed by atoms with van der Waals surface area (Å²) >= 11 is 0. The van der Waals surface area contributed by atoms with Gasteiger partial charge in [0.05, 0.1) is 12.2 Å². The molecule has 2 atom stereocenters. The van der Waals surface area contributed by atoms with Crippen molar-refractivity contribution in [1.82, 2.24) is 24.5 Å². The number of hydrogen-bond acceptors (Lipinski definition) is 7. The lowest BCUT2D eigenvalue weighted by atomic mass is 9.98. The number of hydrogen-bond donors (Lipinski definition) is 1. The summed E-state index contributed by atoms with van der Waals surface area (Å²) in [5, 5.41) is 28.1. The van der Waals surface area contributed by atoms with Gasteiger partial charge in [0.15, 0.2) is 17.7 Å². The number of likely N-dealkylation sites (N-methyl/N-ethyl adjacent to an activating group) is 1. The Morgan fingerprint density at radius 1 is 1.26 bits per heavy atom. The summed E-state index contributed by atoms with van der Waals surface area (Å²) < 4.78 is 3.02. The Bertz CT molecular complexity index is 1150. The number of aldehydes is 1. The molecule has 160 valence electrons. The molecule has 1 N–H and O–H groups in total. The Hall–Kier alpha value is -3.77. The SMILES string of the molecule is CC(C)N(C)C[C@H]([C@@H](c1ccccc1)n1ccc(C#N)n1)n1ncc(=O)c(O)c1C=O. The molecule has 0 amide bonds. The Balaban J connectivity index is 2.26. The molecule has 9 heteroatoms. The molecular weight excluding hydrogens is 396 g/mol. The normalized spacial score (nSPS) is 13.2. The van der Waals surface area contributed by atoms with Crippen LogP contribution in [0.25, 0.3) is 0 Å². The van der Waals surface area contributed by atoms with Crippen molar-refractivity contribution in [2.24, 2.45) is 0 Å². The molecule has 0 fully saturated rings. The predicted molar refractivity (Wildman–Crippen MR) is 114 cm³/mol. The lowest BCUT2D eigenvalue weighted by Crippen LogP contribution is -2.39. The maximum absolute atomic E-state index is 11.9. The van der Waals surface area contributed by atoms with Gasteiger partial charge in [0.25, 0.3) is 0 Å². The number of carbonyl (C=O) groups excluding carboxylic acids is 1. The van der Waals surface area contributed by atoms with Gasteiger partial charge < -0.3 is 10.0 Å². The van der Waals surface area contributed by atoms with E-state index in [4.69, 9.17) is 0 Å². The van der Waals surface area contributed by atoms with Gasteiger partial charge in [-0.3, -0.25) is 19.0 Å². The van der Waals surface area contributed by atoms with Gasteiger partial charge in [-0.2, -0.15) is 15.5 Å². The number of rotatable bonds is 8. The van der Waals surface area contributed by atoms with Crippen LogP contribution in [0.4, 0.5) is 0 Å². The molecular formula is C22H24N6O3. The van der Waals surface area contributed by atoms with Crippen molar-refractivity contribution in [2.75, 3.05) is 13.6 Å². The van der Waals surface area contributed by atoms with Crippen LogP contribution in [0.1, 0.15) is 47.7 Å². The van der Waals surface area contributed by atoms with E-state index in [9.17, 15) is 20.0 Å². The zero-order chi connectivity index (χ0) is 22.5. The lowest BCUT2D eigenvalue weighted by Gasteiger charge is -2.34. The van der Waals surface area contributed by atoms with Crippen molar-refractivity contribution in [3.63, 3.8) is 0 Å². The van der Waals surface area contributed by atoms with Crippen LogP contribution in [-0.2, 0) is 0 Å². The number of aromatic hydroxyl groups is 1. The molecule has 2 aromatic heterocycles. The molecule has 0 radical (unpaired) electrons. The molecule has 0 unspecified atom stereocenters. The number of nitrogens with zero attached hydrogens (tertiary/aromatic N) is 6. The smallest absolute Gasteiger partial charge is 0.242 e. The van der Waals surface area contributed by atoms with Crippen LogP contribution in [0.5, 0.6) is 5.75 Å². The van der Waals surface area contributed by atoms with E-state index >= 15 is 0 Å². The van der Waals surface area contributed by atoms with Crippen molar-refractivity contribution < 1.29 is 9.90 Å². The minimum absolute atomic E-state index is 0.180. The van der Waals surface area contributed by atoms with Gasteiger partial charge in [-0.25, -0.2) is 0 Å². The molecule has 0 aliphatic heterocycles. The Labute approximate surface area is 179 Å². The third-order valence-electron chi connectivity index (χ3n) is 5.32. The summed E-state index contributed by atoms with van der Waals surface area (Å²) in [5.74, 6) is -0.646. The predicted octanol–water partition coefficient (Wildman–Crippen LogP) is 2.00. The zero-order valence-corrected chi connectivity index (χ0v) is 17.6. The van der Waals surface area contributed by atoms with E-state index in [2.05, 4.69) is 15.1 Å². The summed E-state index contributed by atoms with van der Waals surface area (Å²) in [6, 6.07) is 12.3. The Morgan fingerprint density at radius 2 is 1.97 bits per heavy atom. The van der Waals surface area contributed by atoms with Crippen LogP contribution in [0.15, 0.2) is 53.6 Å². The zero-order valence-electron chi connectivity index (χ0n) is 17.6. The van der Waals surface area contributed by atoms with Crippen molar-refractivity contribution >= 4 is 6.29 Å². The van der Waals surface area contributed by atoms with Crippen LogP contribution < -0.4 is 5.43 Å². The number of aromatic nitrogens is 4. The van der Waals surface area contributed by atoms with E-state index in [1.807, 2.05) is 57.3 Å². The highest BCUT2D eigenvalue weighted by molar-refractivity contribution is 5.76. The van der Waals surface area contributed by atoms with Gasteiger partial charge in [-0.1, -0.05) is 30.3 Å². The van der Waals surface area contributed by atoms with Gasteiger partial charge in [-0.15, -0.1) is 0 Å². The fourth-order valence-corrected chi connectivity index (χ4v) is 3.42. The van der Waals surface area contributed by atoms with Crippen molar-refractivity contribution in [2.45, 2.75) is 32.0 Å². The van der Waals surface area contributed by atoms with Crippen molar-refractivity contribution in [3.05, 3.63) is 76.0 Å². The first kappa shape index (κ1) is 21.9. The fourth-order valence-electron chi connectivity index (χ4n) is 3.42. The molecule has 0 saturated carbocycles. The molecule has 0 aliphatic rings. The second-order valence-corrected chi connectivity index (χ2v) is 7.55. The molecule has 3 aromatic rings. The maximum Gasteiger partial charge on any atom is 0.242 e. The molecule has 0 bridgehead atoms. The number of nitriles is 1. The minimum Gasteiger partial charge on any atom is -0.503 e. The Kier molecular flexibility index (Phi) is 6.62. The third-order valence-corrected chi connectivity index (χ3v) is 5.32. The molecule has 3 rings (SSSR count). The quantitative estimate of drug-likeness (QED) is 0.554. The van der Waals surface area contributed by atoms with E-state index in [1.54, 1.807) is 16.9 Å². The molecule has 31 heavy (non-hydrogen) atoms. The van der Waals surface area contributed by atoms with Crippen molar-refractivity contribution in [3.8, 4) is 11.8 Å². The van der Waals surface area contributed by atoms with Crippen LogP contribution in [0, 0.1) is 11.3 Å². The van der Waals surface area contributed by atoms with Crippen LogP contribution >= 0.6 is 0 Å². The standard InChI is InChI=1S/C22H24N6O3/c1-15(2)26(3)13-18(28-19(14-29)22(31)20(30)12-24-28)21(16-7-5-4-6-8-16)27-10-9-17(11-23)25-27/h4-10,12,14-15,18,21,31H,13H2,1-3H3/t18-,21-/m1/s1. The minimum atomic E-state index is -0.726. The summed E-state index contributed by atoms with van der Waals surface area (Å²) in [7, 11) is 1.94. The first-order valence-corrected chi connectivity index (χ1v) is 9.83. The topological polar surface area (TPSA) is 117 Å². The fraction of sp³-hybridized carbons (Fsp3) is 0.318. The largest absolute Gasteiger partial charge is 0.503 e. The monoisotopic (exact) mass is 420 g/mol. The first-order chi connectivity index (χ1) is 14.9. The maximum atomic E-state index is 11.9. The molecule has 0 spiro atoms. The Morgan fingerprint density at radius 3 is 2.55 bits per heavy atom. The molecule has 2 heterocycles. The van der Waals surface area contributed by atoms with Crippen LogP contribution in [-0.4, -0.2) is 55.5 Å². The van der Waals surface area contributed by atoms with E-state index in [1.165, 1.54) is 4.68 Å². The van der Waals surface area contributed by atoms with Gasteiger partial charge in [0.1, 0.15) is 17.8 Å². The average Bonchev–Trinajstić information content (AvgIpc) is 3.24. The summed E-state index contributed by atoms with van der Waals surface area (Å²) in [4.78, 5) is 25.8. The van der Waals surface area contributed by atoms with Crippen LogP contribution in [0.3, 0.4) is 0 Å². The van der Waals surface area contributed by atoms with E-state index in [0.29, 0.717) is 12.8 Å². The summed E-state index contributed by atoms with van der Waals surface area (Å²) in [6.45, 7) is 4.50. The van der Waals surface area contributed by atoms with Gasteiger partial charge in [-0.05, 0) is 32.5 Å². The van der Waals surface area contributed by atoms with Gasteiger partial charge >= 0.3 is 0 Å². The highest BCUT2D eigenvalue weighted by Gasteiger charge is 2.32. The first-order valence-electron chi connectivity index (χ1n) is 9.83. The molecule has 9 nitrogen and oxygen atoms in total. The molecule has 0 aliphatic carbocycles. The average molecular weight is 420 g/mol. The van der Waals surface area contributed by atoms with Gasteiger partial charge in [0.2, 0.25) is 5.43 Å². The number of carbonyl (C=O) groups is 1. The number of benzene rings is 1. The van der Waals surface area contributed by atoms with E-state index < -0.39 is 23.3 Å². The van der Waals surface area contributed by atoms with E-state index in [-0.39, 0.29) is 17.4 Å². The van der Waals surface area contributed by atoms with Crippen LogP contribution in [0.2, 0.25) is 0 Å². The second kappa shape index (κ2) is 9.36. The highest BCUT2D eigenvalue weighted by atomic mass is 16.3. The lowest BCUT2D eigenvalue weighted by molar-refractivity contribution is 0.109. The summed E-state index contributed by atoms with van der Waals surface area (Å²) in [6.07, 6.45) is 3.12. The molecule has 0 saturated heterocycles. The molecule has 1 aromatic carbocycles. The van der Waals surface area contributed by atoms with E-state index in [0.717, 1.165) is 11.8 Å². The van der Waals surface area contributed by atoms with Gasteiger partial charge in [0, 0.05) is 18.8 Å². The van der Waals surface area contributed by atoms with Crippen molar-refractivity contribution in [1.29, 1.82) is 5.26 Å². The summed E-state index contributed by atoms with van der Waals surface area (Å²) in [5.41, 5.74) is 0.192.